The molecule has 0 aromatic carbocycles. The summed E-state index contributed by atoms with van der Waals surface area (Å²) in [6.07, 6.45) is 7.21. The summed E-state index contributed by atoms with van der Waals surface area (Å²) in [6.45, 7) is 7.50. The minimum atomic E-state index is -0.104. The standard InChI is InChI=1S/C15H29NO2/c1-12(2)8-10-18-13-7-9-16(11-13)14-5-3-4-6-15(14)17/h12-15,17H,3-11H2,1-2H3. The van der Waals surface area contributed by atoms with Crippen LogP contribution in [0.5, 0.6) is 0 Å². The van der Waals surface area contributed by atoms with Crippen molar-refractivity contribution in [2.45, 2.75) is 70.6 Å². The quantitative estimate of drug-likeness (QED) is 0.819. The third-order valence-corrected chi connectivity index (χ3v) is 4.39. The van der Waals surface area contributed by atoms with Gasteiger partial charge in [-0.25, -0.2) is 0 Å². The van der Waals surface area contributed by atoms with Gasteiger partial charge in [0, 0.05) is 25.7 Å². The lowest BCUT2D eigenvalue weighted by Crippen LogP contribution is -2.44. The molecule has 1 saturated carbocycles. The normalized spacial score (nSPS) is 34.3. The van der Waals surface area contributed by atoms with Gasteiger partial charge in [0.15, 0.2) is 0 Å². The van der Waals surface area contributed by atoms with E-state index in [2.05, 4.69) is 18.7 Å². The molecule has 0 bridgehead atoms. The molecule has 3 heteroatoms. The van der Waals surface area contributed by atoms with Crippen LogP contribution >= 0.6 is 0 Å². The topological polar surface area (TPSA) is 32.7 Å². The first-order valence-electron chi connectivity index (χ1n) is 7.70. The zero-order chi connectivity index (χ0) is 13.0. The highest BCUT2D eigenvalue weighted by molar-refractivity contribution is 4.88. The van der Waals surface area contributed by atoms with E-state index in [-0.39, 0.29) is 6.10 Å². The SMILES string of the molecule is CC(C)CCOC1CCN(C2CCCCC2O)C1. The molecule has 106 valence electrons. The fourth-order valence-electron chi connectivity index (χ4n) is 3.18. The van der Waals surface area contributed by atoms with Gasteiger partial charge in [-0.3, -0.25) is 4.90 Å². The van der Waals surface area contributed by atoms with Gasteiger partial charge in [-0.1, -0.05) is 26.7 Å². The van der Waals surface area contributed by atoms with Crippen LogP contribution in [0.4, 0.5) is 0 Å². The second kappa shape index (κ2) is 6.88. The van der Waals surface area contributed by atoms with Crippen molar-refractivity contribution in [2.75, 3.05) is 19.7 Å². The lowest BCUT2D eigenvalue weighted by atomic mass is 9.91. The van der Waals surface area contributed by atoms with Crippen molar-refractivity contribution in [3.05, 3.63) is 0 Å². The Kier molecular flexibility index (Phi) is 5.46. The molecule has 0 spiro atoms. The fourth-order valence-corrected chi connectivity index (χ4v) is 3.18. The van der Waals surface area contributed by atoms with E-state index in [1.165, 1.54) is 19.3 Å². The Bertz CT molecular complexity index is 245. The van der Waals surface area contributed by atoms with Crippen LogP contribution < -0.4 is 0 Å². The van der Waals surface area contributed by atoms with Crippen LogP contribution in [0.3, 0.4) is 0 Å². The Hall–Kier alpha value is -0.120. The fraction of sp³-hybridized carbons (Fsp3) is 1.00. The minimum Gasteiger partial charge on any atom is -0.391 e. The molecule has 1 N–H and O–H groups in total. The van der Waals surface area contributed by atoms with E-state index < -0.39 is 0 Å². The molecule has 0 radical (unpaired) electrons. The molecule has 0 amide bonds. The van der Waals surface area contributed by atoms with Gasteiger partial charge in [-0.15, -0.1) is 0 Å². The molecule has 0 aromatic rings. The van der Waals surface area contributed by atoms with Gasteiger partial charge in [0.1, 0.15) is 0 Å². The largest absolute Gasteiger partial charge is 0.391 e. The maximum atomic E-state index is 10.1. The third-order valence-electron chi connectivity index (χ3n) is 4.39. The summed E-state index contributed by atoms with van der Waals surface area (Å²) in [4.78, 5) is 2.46. The van der Waals surface area contributed by atoms with Crippen LogP contribution in [0.2, 0.25) is 0 Å². The smallest absolute Gasteiger partial charge is 0.0714 e. The lowest BCUT2D eigenvalue weighted by molar-refractivity contribution is 0.0120. The van der Waals surface area contributed by atoms with Crippen LogP contribution in [0.25, 0.3) is 0 Å². The number of nitrogens with zero attached hydrogens (tertiary/aromatic N) is 1. The van der Waals surface area contributed by atoms with Gasteiger partial charge in [0.2, 0.25) is 0 Å². The molecule has 3 atom stereocenters. The predicted molar refractivity (Wildman–Crippen MR) is 73.6 cm³/mol. The van der Waals surface area contributed by atoms with Gasteiger partial charge >= 0.3 is 0 Å². The second-order valence-electron chi connectivity index (χ2n) is 6.38. The maximum Gasteiger partial charge on any atom is 0.0714 e. The summed E-state index contributed by atoms with van der Waals surface area (Å²) in [5.41, 5.74) is 0. The van der Waals surface area contributed by atoms with E-state index in [0.717, 1.165) is 44.9 Å². The van der Waals surface area contributed by atoms with Crippen molar-refractivity contribution in [2.24, 2.45) is 5.92 Å². The molecule has 3 unspecified atom stereocenters. The zero-order valence-corrected chi connectivity index (χ0v) is 12.0. The number of hydrogen-bond donors (Lipinski definition) is 1. The van der Waals surface area contributed by atoms with Gasteiger partial charge in [0.25, 0.3) is 0 Å². The Morgan fingerprint density at radius 1 is 1.22 bits per heavy atom. The minimum absolute atomic E-state index is 0.104. The molecule has 3 nitrogen and oxygen atoms in total. The number of aliphatic hydroxyl groups excluding tert-OH is 1. The zero-order valence-electron chi connectivity index (χ0n) is 12.0. The Morgan fingerprint density at radius 2 is 2.00 bits per heavy atom. The van der Waals surface area contributed by atoms with Crippen molar-refractivity contribution in [3.63, 3.8) is 0 Å². The predicted octanol–water partition coefficient (Wildman–Crippen LogP) is 2.43. The van der Waals surface area contributed by atoms with Crippen molar-refractivity contribution in [3.8, 4) is 0 Å². The molecule has 2 aliphatic rings. The van der Waals surface area contributed by atoms with Gasteiger partial charge in [-0.05, 0) is 31.6 Å². The molecule has 1 aliphatic heterocycles. The summed E-state index contributed by atoms with van der Waals surface area (Å²) < 4.78 is 5.95. The first-order valence-corrected chi connectivity index (χ1v) is 7.70. The van der Waals surface area contributed by atoms with Crippen LogP contribution in [-0.2, 0) is 4.74 Å². The first-order chi connectivity index (χ1) is 8.66. The molecular weight excluding hydrogens is 226 g/mol. The highest BCUT2D eigenvalue weighted by atomic mass is 16.5. The molecule has 1 saturated heterocycles. The van der Waals surface area contributed by atoms with E-state index in [1.54, 1.807) is 0 Å². The summed E-state index contributed by atoms with van der Waals surface area (Å²) in [6, 6.07) is 0.400. The maximum absolute atomic E-state index is 10.1. The number of aliphatic hydroxyl groups is 1. The average molecular weight is 255 g/mol. The van der Waals surface area contributed by atoms with Crippen LogP contribution in [-0.4, -0.2) is 48.0 Å². The van der Waals surface area contributed by atoms with Crippen LogP contribution in [0.1, 0.15) is 52.4 Å². The van der Waals surface area contributed by atoms with E-state index in [4.69, 9.17) is 4.74 Å². The lowest BCUT2D eigenvalue weighted by Gasteiger charge is -2.35. The van der Waals surface area contributed by atoms with E-state index in [1.807, 2.05) is 0 Å². The summed E-state index contributed by atoms with van der Waals surface area (Å²) in [7, 11) is 0. The Balaban J connectivity index is 1.70. The second-order valence-corrected chi connectivity index (χ2v) is 6.38. The molecule has 0 aromatic heterocycles. The van der Waals surface area contributed by atoms with E-state index >= 15 is 0 Å². The van der Waals surface area contributed by atoms with E-state index in [9.17, 15) is 5.11 Å². The highest BCUT2D eigenvalue weighted by Gasteiger charge is 2.33. The molecular formula is C15H29NO2. The molecule has 2 rings (SSSR count). The number of rotatable bonds is 5. The Labute approximate surface area is 112 Å². The third kappa shape index (κ3) is 3.94. The molecule has 2 fully saturated rings. The highest BCUT2D eigenvalue weighted by Crippen LogP contribution is 2.27. The van der Waals surface area contributed by atoms with Crippen molar-refractivity contribution < 1.29 is 9.84 Å². The summed E-state index contributed by atoms with van der Waals surface area (Å²) in [5, 5.41) is 10.1. The van der Waals surface area contributed by atoms with Gasteiger partial charge < -0.3 is 9.84 Å². The Morgan fingerprint density at radius 3 is 2.72 bits per heavy atom. The van der Waals surface area contributed by atoms with Crippen molar-refractivity contribution in [1.29, 1.82) is 0 Å². The molecule has 1 heterocycles. The van der Waals surface area contributed by atoms with E-state index in [0.29, 0.717) is 12.1 Å². The summed E-state index contributed by atoms with van der Waals surface area (Å²) >= 11 is 0. The van der Waals surface area contributed by atoms with Crippen molar-refractivity contribution >= 4 is 0 Å². The summed E-state index contributed by atoms with van der Waals surface area (Å²) in [5.74, 6) is 0.725. The van der Waals surface area contributed by atoms with Gasteiger partial charge in [0.05, 0.1) is 12.2 Å². The average Bonchev–Trinajstić information content (AvgIpc) is 2.78. The number of likely N-dealkylation sites (tertiary alicyclic amines) is 1. The van der Waals surface area contributed by atoms with Crippen LogP contribution in [0, 0.1) is 5.92 Å². The monoisotopic (exact) mass is 255 g/mol. The number of hydrogen-bond acceptors (Lipinski definition) is 3. The number of ether oxygens (including phenoxy) is 1. The molecule has 18 heavy (non-hydrogen) atoms. The van der Waals surface area contributed by atoms with Crippen molar-refractivity contribution in [1.82, 2.24) is 4.90 Å². The van der Waals surface area contributed by atoms with Gasteiger partial charge in [-0.2, -0.15) is 0 Å². The van der Waals surface area contributed by atoms with Crippen LogP contribution in [0.15, 0.2) is 0 Å². The first kappa shape index (κ1) is 14.3. The molecule has 1 aliphatic carbocycles.